The SMILES string of the molecule is CCN(CC)CC(=O)NCc1cccnc1-n1ccnc1C. The van der Waals surface area contributed by atoms with E-state index in [1.165, 1.54) is 0 Å². The van der Waals surface area contributed by atoms with Gasteiger partial charge in [0.05, 0.1) is 6.54 Å². The zero-order chi connectivity index (χ0) is 15.9. The Hall–Kier alpha value is -2.21. The van der Waals surface area contributed by atoms with Crippen LogP contribution in [0, 0.1) is 6.92 Å². The number of pyridine rings is 1. The van der Waals surface area contributed by atoms with E-state index in [1.54, 1.807) is 12.4 Å². The number of hydrogen-bond acceptors (Lipinski definition) is 4. The van der Waals surface area contributed by atoms with Crippen molar-refractivity contribution in [2.24, 2.45) is 0 Å². The minimum Gasteiger partial charge on any atom is -0.351 e. The first-order valence-corrected chi connectivity index (χ1v) is 7.59. The summed E-state index contributed by atoms with van der Waals surface area (Å²) in [4.78, 5) is 22.7. The molecule has 0 bridgehead atoms. The maximum atomic E-state index is 12.0. The molecule has 6 heteroatoms. The summed E-state index contributed by atoms with van der Waals surface area (Å²) in [5, 5.41) is 2.97. The fraction of sp³-hybridized carbons (Fsp3) is 0.438. The zero-order valence-electron chi connectivity index (χ0n) is 13.4. The standard InChI is InChI=1S/C16H23N5O/c1-4-20(5-2)12-15(22)19-11-14-7-6-8-18-16(14)21-10-9-17-13(21)3/h6-10H,4-5,11-12H2,1-3H3,(H,19,22). The van der Waals surface area contributed by atoms with Crippen LogP contribution in [-0.4, -0.2) is 45.0 Å². The molecule has 2 aromatic heterocycles. The summed E-state index contributed by atoms with van der Waals surface area (Å²) in [6, 6.07) is 3.85. The molecule has 0 aliphatic carbocycles. The third-order valence-corrected chi connectivity index (χ3v) is 3.66. The molecule has 0 radical (unpaired) electrons. The van der Waals surface area contributed by atoms with Crippen LogP contribution in [0.2, 0.25) is 0 Å². The Morgan fingerprint density at radius 2 is 2.05 bits per heavy atom. The van der Waals surface area contributed by atoms with Gasteiger partial charge in [0.15, 0.2) is 0 Å². The van der Waals surface area contributed by atoms with E-state index in [0.29, 0.717) is 13.1 Å². The number of carbonyl (C=O) groups excluding carboxylic acids is 1. The summed E-state index contributed by atoms with van der Waals surface area (Å²) in [5.41, 5.74) is 0.969. The lowest BCUT2D eigenvalue weighted by molar-refractivity contribution is -0.122. The molecule has 22 heavy (non-hydrogen) atoms. The molecule has 0 unspecified atom stereocenters. The Bertz CT molecular complexity index is 619. The van der Waals surface area contributed by atoms with Gasteiger partial charge in [-0.25, -0.2) is 9.97 Å². The smallest absolute Gasteiger partial charge is 0.234 e. The van der Waals surface area contributed by atoms with Crippen LogP contribution in [-0.2, 0) is 11.3 Å². The van der Waals surface area contributed by atoms with Gasteiger partial charge in [-0.05, 0) is 26.1 Å². The third-order valence-electron chi connectivity index (χ3n) is 3.66. The molecule has 1 amide bonds. The lowest BCUT2D eigenvalue weighted by atomic mass is 10.2. The van der Waals surface area contributed by atoms with Gasteiger partial charge in [-0.1, -0.05) is 19.9 Å². The maximum Gasteiger partial charge on any atom is 0.234 e. The molecule has 1 N–H and O–H groups in total. The normalized spacial score (nSPS) is 10.9. The highest BCUT2D eigenvalue weighted by molar-refractivity contribution is 5.78. The van der Waals surface area contributed by atoms with Crippen molar-refractivity contribution in [2.75, 3.05) is 19.6 Å². The summed E-state index contributed by atoms with van der Waals surface area (Å²) in [6.45, 7) is 8.66. The first kappa shape index (κ1) is 16.2. The van der Waals surface area contributed by atoms with Crippen molar-refractivity contribution >= 4 is 5.91 Å². The predicted octanol–water partition coefficient (Wildman–Crippen LogP) is 1.53. The van der Waals surface area contributed by atoms with Crippen LogP contribution in [0.3, 0.4) is 0 Å². The molecule has 0 aromatic carbocycles. The van der Waals surface area contributed by atoms with Crippen molar-refractivity contribution < 1.29 is 4.79 Å². The van der Waals surface area contributed by atoms with E-state index in [-0.39, 0.29) is 5.91 Å². The maximum absolute atomic E-state index is 12.0. The topological polar surface area (TPSA) is 63.1 Å². The van der Waals surface area contributed by atoms with Crippen LogP contribution in [0.1, 0.15) is 25.2 Å². The van der Waals surface area contributed by atoms with Gasteiger partial charge in [0, 0.05) is 30.7 Å². The molecule has 118 valence electrons. The molecule has 6 nitrogen and oxygen atoms in total. The molecule has 0 fully saturated rings. The van der Waals surface area contributed by atoms with E-state index >= 15 is 0 Å². The van der Waals surface area contributed by atoms with Gasteiger partial charge >= 0.3 is 0 Å². The van der Waals surface area contributed by atoms with E-state index in [2.05, 4.69) is 34.0 Å². The first-order chi connectivity index (χ1) is 10.7. The van der Waals surface area contributed by atoms with Crippen LogP contribution in [0.15, 0.2) is 30.7 Å². The van der Waals surface area contributed by atoms with Gasteiger partial charge in [-0.2, -0.15) is 0 Å². The molecule has 2 heterocycles. The second-order valence-electron chi connectivity index (χ2n) is 5.07. The summed E-state index contributed by atoms with van der Waals surface area (Å²) < 4.78 is 1.92. The van der Waals surface area contributed by atoms with Gasteiger partial charge in [0.1, 0.15) is 11.6 Å². The van der Waals surface area contributed by atoms with E-state index < -0.39 is 0 Å². The van der Waals surface area contributed by atoms with Gasteiger partial charge in [0.2, 0.25) is 5.91 Å². The van der Waals surface area contributed by atoms with Crippen molar-refractivity contribution in [1.29, 1.82) is 0 Å². The van der Waals surface area contributed by atoms with Crippen molar-refractivity contribution in [3.05, 3.63) is 42.1 Å². The van der Waals surface area contributed by atoms with E-state index in [9.17, 15) is 4.79 Å². The summed E-state index contributed by atoms with van der Waals surface area (Å²) in [5.74, 6) is 1.70. The van der Waals surface area contributed by atoms with E-state index in [1.807, 2.05) is 29.8 Å². The Labute approximate surface area is 131 Å². The van der Waals surface area contributed by atoms with Gasteiger partial charge in [-0.15, -0.1) is 0 Å². The van der Waals surface area contributed by atoms with Crippen LogP contribution < -0.4 is 5.32 Å². The molecule has 0 atom stereocenters. The number of nitrogens with zero attached hydrogens (tertiary/aromatic N) is 4. The number of amides is 1. The lowest BCUT2D eigenvalue weighted by Crippen LogP contribution is -2.36. The second kappa shape index (κ2) is 7.70. The van der Waals surface area contributed by atoms with Crippen LogP contribution in [0.25, 0.3) is 5.82 Å². The van der Waals surface area contributed by atoms with Crippen molar-refractivity contribution in [3.8, 4) is 5.82 Å². The second-order valence-corrected chi connectivity index (χ2v) is 5.07. The molecule has 2 rings (SSSR count). The molecular weight excluding hydrogens is 278 g/mol. The molecule has 0 saturated heterocycles. The molecule has 0 aliphatic rings. The highest BCUT2D eigenvalue weighted by Gasteiger charge is 2.11. The van der Waals surface area contributed by atoms with Gasteiger partial charge < -0.3 is 5.32 Å². The van der Waals surface area contributed by atoms with Crippen LogP contribution >= 0.6 is 0 Å². The fourth-order valence-electron chi connectivity index (χ4n) is 2.29. The number of likely N-dealkylation sites (N-methyl/N-ethyl adjacent to an activating group) is 1. The number of nitrogens with one attached hydrogen (secondary N) is 1. The number of rotatable bonds is 7. The van der Waals surface area contributed by atoms with Crippen LogP contribution in [0.4, 0.5) is 0 Å². The summed E-state index contributed by atoms with van der Waals surface area (Å²) >= 11 is 0. The third kappa shape index (κ3) is 3.92. The molecule has 2 aromatic rings. The molecule has 0 aliphatic heterocycles. The van der Waals surface area contributed by atoms with Gasteiger partial charge in [0.25, 0.3) is 0 Å². The summed E-state index contributed by atoms with van der Waals surface area (Å²) in [6.07, 6.45) is 5.36. The van der Waals surface area contributed by atoms with E-state index in [0.717, 1.165) is 30.3 Å². The quantitative estimate of drug-likeness (QED) is 0.842. The van der Waals surface area contributed by atoms with E-state index in [4.69, 9.17) is 0 Å². The first-order valence-electron chi connectivity index (χ1n) is 7.59. The highest BCUT2D eigenvalue weighted by atomic mass is 16.2. The number of carbonyl (C=O) groups is 1. The van der Waals surface area contributed by atoms with Crippen LogP contribution in [0.5, 0.6) is 0 Å². The van der Waals surface area contributed by atoms with Crippen molar-refractivity contribution in [3.63, 3.8) is 0 Å². The summed E-state index contributed by atoms with van der Waals surface area (Å²) in [7, 11) is 0. The predicted molar refractivity (Wildman–Crippen MR) is 85.7 cm³/mol. The highest BCUT2D eigenvalue weighted by Crippen LogP contribution is 2.12. The number of hydrogen-bond donors (Lipinski definition) is 1. The number of imidazole rings is 1. The number of aryl methyl sites for hydroxylation is 1. The minimum absolute atomic E-state index is 0.0286. The monoisotopic (exact) mass is 301 g/mol. The lowest BCUT2D eigenvalue weighted by Gasteiger charge is -2.17. The molecule has 0 spiro atoms. The Morgan fingerprint density at radius 3 is 2.68 bits per heavy atom. The average Bonchev–Trinajstić information content (AvgIpc) is 2.96. The molecule has 0 saturated carbocycles. The Balaban J connectivity index is 2.05. The minimum atomic E-state index is 0.0286. The Kier molecular flexibility index (Phi) is 5.66. The van der Waals surface area contributed by atoms with Gasteiger partial charge in [-0.3, -0.25) is 14.3 Å². The Morgan fingerprint density at radius 1 is 1.27 bits per heavy atom. The van der Waals surface area contributed by atoms with Crippen molar-refractivity contribution in [1.82, 2.24) is 24.8 Å². The fourth-order valence-corrected chi connectivity index (χ4v) is 2.29. The average molecular weight is 301 g/mol. The zero-order valence-corrected chi connectivity index (χ0v) is 13.4. The largest absolute Gasteiger partial charge is 0.351 e. The number of aromatic nitrogens is 3. The van der Waals surface area contributed by atoms with Crippen molar-refractivity contribution in [2.45, 2.75) is 27.3 Å². The molecular formula is C16H23N5O.